The Labute approximate surface area is 234 Å². The fourth-order valence-corrected chi connectivity index (χ4v) is 4.71. The molecule has 2 aromatic carbocycles. The minimum atomic E-state index is -0.211. The van der Waals surface area contributed by atoms with Crippen LogP contribution in [0.5, 0.6) is 17.2 Å². The zero-order valence-corrected chi connectivity index (χ0v) is 23.5. The van der Waals surface area contributed by atoms with Crippen molar-refractivity contribution in [3.8, 4) is 17.2 Å². The maximum absolute atomic E-state index is 13.0. The molecule has 0 unspecified atom stereocenters. The van der Waals surface area contributed by atoms with Gasteiger partial charge in [-0.1, -0.05) is 33.6 Å². The van der Waals surface area contributed by atoms with Crippen molar-refractivity contribution in [2.24, 2.45) is 0 Å². The topological polar surface area (TPSA) is 73.2 Å². The zero-order valence-electron chi connectivity index (χ0n) is 20.4. The van der Waals surface area contributed by atoms with Crippen LogP contribution in [0.15, 0.2) is 63.1 Å². The molecule has 0 saturated carbocycles. The van der Waals surface area contributed by atoms with Crippen LogP contribution in [0, 0.1) is 0 Å². The highest BCUT2D eigenvalue weighted by molar-refractivity contribution is 9.10. The second-order valence-electron chi connectivity index (χ2n) is 8.01. The lowest BCUT2D eigenvalue weighted by atomic mass is 10.1. The van der Waals surface area contributed by atoms with Crippen LogP contribution < -0.4 is 19.5 Å². The van der Waals surface area contributed by atoms with Gasteiger partial charge >= 0.3 is 0 Å². The van der Waals surface area contributed by atoms with Gasteiger partial charge in [0.15, 0.2) is 16.6 Å². The monoisotopic (exact) mass is 604 g/mol. The summed E-state index contributed by atoms with van der Waals surface area (Å²) >= 11 is 15.0. The summed E-state index contributed by atoms with van der Waals surface area (Å²) in [4.78, 5) is 14.6. The van der Waals surface area contributed by atoms with Crippen molar-refractivity contribution in [2.75, 3.05) is 19.8 Å². The van der Waals surface area contributed by atoms with Crippen LogP contribution in [-0.2, 0) is 17.8 Å². The molecule has 1 aromatic heterocycles. The van der Waals surface area contributed by atoms with Crippen LogP contribution in [0.3, 0.4) is 0 Å². The lowest BCUT2D eigenvalue weighted by molar-refractivity contribution is -0.122. The summed E-state index contributed by atoms with van der Waals surface area (Å²) in [6, 6.07) is 14.7. The van der Waals surface area contributed by atoms with E-state index in [0.29, 0.717) is 70.8 Å². The molecule has 0 bridgehead atoms. The average Bonchev–Trinajstić information content (AvgIpc) is 3.42. The van der Waals surface area contributed by atoms with E-state index in [0.717, 1.165) is 10.0 Å². The van der Waals surface area contributed by atoms with Crippen LogP contribution in [0.25, 0.3) is 6.08 Å². The Hall–Kier alpha value is -3.01. The van der Waals surface area contributed by atoms with Gasteiger partial charge in [-0.3, -0.25) is 9.69 Å². The van der Waals surface area contributed by atoms with E-state index >= 15 is 0 Å². The predicted octanol–water partition coefficient (Wildman–Crippen LogP) is 6.37. The van der Waals surface area contributed by atoms with Gasteiger partial charge in [0.1, 0.15) is 29.6 Å². The summed E-state index contributed by atoms with van der Waals surface area (Å²) < 4.78 is 23.7. The van der Waals surface area contributed by atoms with E-state index in [1.54, 1.807) is 35.2 Å². The Bertz CT molecular complexity index is 1330. The summed E-state index contributed by atoms with van der Waals surface area (Å²) in [5.41, 5.74) is 1.37. The van der Waals surface area contributed by atoms with Crippen LogP contribution in [0.2, 0.25) is 5.02 Å². The summed E-state index contributed by atoms with van der Waals surface area (Å²) in [7, 11) is 0. The van der Waals surface area contributed by atoms with Crippen molar-refractivity contribution < 1.29 is 23.4 Å². The molecule has 1 saturated heterocycles. The number of nitrogens with zero attached hydrogens (tertiary/aromatic N) is 1. The van der Waals surface area contributed by atoms with Crippen molar-refractivity contribution in [3.63, 3.8) is 0 Å². The molecule has 2 heterocycles. The van der Waals surface area contributed by atoms with Gasteiger partial charge in [-0.15, -0.1) is 0 Å². The Morgan fingerprint density at radius 3 is 2.54 bits per heavy atom. The number of thiocarbonyl (C=S) groups is 1. The third-order valence-corrected chi connectivity index (χ3v) is 6.54. The number of carbonyl (C=O) groups excluding carboxylic acids is 1. The SMILES string of the molecule is CCOc1ccc(CCN2C(=O)/C(=C\c3ccc(COc4ccc(Br)cc4Cl)o3)NC2=S)cc1OCC. The quantitative estimate of drug-likeness (QED) is 0.201. The number of benzene rings is 2. The first kappa shape index (κ1) is 27.0. The maximum atomic E-state index is 13.0. The summed E-state index contributed by atoms with van der Waals surface area (Å²) in [6.07, 6.45) is 2.24. The van der Waals surface area contributed by atoms with Gasteiger partial charge in [-0.2, -0.15) is 0 Å². The van der Waals surface area contributed by atoms with E-state index in [-0.39, 0.29) is 12.5 Å². The van der Waals surface area contributed by atoms with Gasteiger partial charge in [0.25, 0.3) is 5.91 Å². The molecule has 7 nitrogen and oxygen atoms in total. The number of carbonyl (C=O) groups is 1. The molecule has 0 spiro atoms. The average molecular weight is 606 g/mol. The maximum Gasteiger partial charge on any atom is 0.276 e. The van der Waals surface area contributed by atoms with E-state index < -0.39 is 0 Å². The zero-order chi connectivity index (χ0) is 26.4. The lowest BCUT2D eigenvalue weighted by Crippen LogP contribution is -2.32. The fraction of sp³-hybridized carbons (Fsp3) is 0.259. The first-order valence-electron chi connectivity index (χ1n) is 11.8. The molecule has 10 heteroatoms. The van der Waals surface area contributed by atoms with E-state index in [1.165, 1.54) is 0 Å². The Morgan fingerprint density at radius 2 is 1.78 bits per heavy atom. The first-order chi connectivity index (χ1) is 17.9. The van der Waals surface area contributed by atoms with Gasteiger partial charge in [0.05, 0.1) is 18.2 Å². The molecular weight excluding hydrogens is 580 g/mol. The normalized spacial score (nSPS) is 14.3. The molecule has 1 fully saturated rings. The van der Waals surface area contributed by atoms with Crippen molar-refractivity contribution in [1.29, 1.82) is 0 Å². The number of hydrogen-bond acceptors (Lipinski definition) is 6. The largest absolute Gasteiger partial charge is 0.490 e. The Morgan fingerprint density at radius 1 is 1.03 bits per heavy atom. The highest BCUT2D eigenvalue weighted by Gasteiger charge is 2.30. The predicted molar refractivity (Wildman–Crippen MR) is 150 cm³/mol. The molecule has 0 atom stereocenters. The number of rotatable bonds is 11. The van der Waals surface area contributed by atoms with Crippen molar-refractivity contribution >= 4 is 56.8 Å². The van der Waals surface area contributed by atoms with Gasteiger partial charge in [-0.25, -0.2) is 0 Å². The molecule has 37 heavy (non-hydrogen) atoms. The molecule has 194 valence electrons. The fourth-order valence-electron chi connectivity index (χ4n) is 3.70. The number of ether oxygens (including phenoxy) is 3. The van der Waals surface area contributed by atoms with Crippen molar-refractivity contribution in [1.82, 2.24) is 10.2 Å². The molecule has 0 aliphatic carbocycles. The molecular formula is C27H26BrClN2O5S. The number of furan rings is 1. The third kappa shape index (κ3) is 6.85. The Balaban J connectivity index is 1.37. The van der Waals surface area contributed by atoms with E-state index in [9.17, 15) is 4.79 Å². The molecule has 0 radical (unpaired) electrons. The van der Waals surface area contributed by atoms with E-state index in [4.69, 9.17) is 42.4 Å². The van der Waals surface area contributed by atoms with Gasteiger partial charge < -0.3 is 23.9 Å². The number of hydrogen-bond donors (Lipinski definition) is 1. The van der Waals surface area contributed by atoms with Crippen LogP contribution in [0.4, 0.5) is 0 Å². The van der Waals surface area contributed by atoms with Crippen LogP contribution >= 0.6 is 39.7 Å². The van der Waals surface area contributed by atoms with E-state index in [1.807, 2.05) is 38.1 Å². The summed E-state index contributed by atoms with van der Waals surface area (Å²) in [6.45, 7) is 5.57. The highest BCUT2D eigenvalue weighted by Crippen LogP contribution is 2.30. The minimum Gasteiger partial charge on any atom is -0.490 e. The van der Waals surface area contributed by atoms with Crippen LogP contribution in [0.1, 0.15) is 30.9 Å². The summed E-state index contributed by atoms with van der Waals surface area (Å²) in [5.74, 6) is 2.84. The first-order valence-corrected chi connectivity index (χ1v) is 13.4. The van der Waals surface area contributed by atoms with Crippen molar-refractivity contribution in [3.05, 3.63) is 80.8 Å². The van der Waals surface area contributed by atoms with Crippen LogP contribution in [-0.4, -0.2) is 35.7 Å². The molecule has 1 amide bonds. The number of nitrogens with one attached hydrogen (secondary N) is 1. The summed E-state index contributed by atoms with van der Waals surface area (Å²) in [5, 5.41) is 3.84. The van der Waals surface area contributed by atoms with Gasteiger partial charge in [-0.05, 0) is 80.5 Å². The molecule has 1 aliphatic rings. The number of halogens is 2. The van der Waals surface area contributed by atoms with Gasteiger partial charge in [0.2, 0.25) is 0 Å². The molecule has 3 aromatic rings. The number of amides is 1. The van der Waals surface area contributed by atoms with Crippen molar-refractivity contribution in [2.45, 2.75) is 26.9 Å². The molecule has 1 aliphatic heterocycles. The lowest BCUT2D eigenvalue weighted by Gasteiger charge is -2.15. The third-order valence-electron chi connectivity index (χ3n) is 5.43. The van der Waals surface area contributed by atoms with Gasteiger partial charge in [0, 0.05) is 17.1 Å². The smallest absolute Gasteiger partial charge is 0.276 e. The van der Waals surface area contributed by atoms with E-state index in [2.05, 4.69) is 21.2 Å². The highest BCUT2D eigenvalue weighted by atomic mass is 79.9. The second-order valence-corrected chi connectivity index (χ2v) is 9.72. The standard InChI is InChI=1S/C27H26BrClN2O5S/c1-3-33-24-9-5-17(13-25(24)34-4-2)11-12-31-26(32)22(30-27(31)37)15-19-7-8-20(36-19)16-35-23-10-6-18(28)14-21(23)29/h5-10,13-15H,3-4,11-12,16H2,1-2H3,(H,30,37)/b22-15+. The second kappa shape index (κ2) is 12.5. The minimum absolute atomic E-state index is 0.197. The molecule has 4 rings (SSSR count). The molecule has 1 N–H and O–H groups in total. The Kier molecular flexibility index (Phi) is 9.13.